The zero-order valence-corrected chi connectivity index (χ0v) is 12.4. The van der Waals surface area contributed by atoms with Gasteiger partial charge in [-0.2, -0.15) is 0 Å². The van der Waals surface area contributed by atoms with Crippen molar-refractivity contribution in [2.24, 2.45) is 0 Å². The average molecular weight is 348 g/mol. The molecule has 0 radical (unpaired) electrons. The normalized spacial score (nSPS) is 12.2. The Balaban J connectivity index is 2.43. The Morgan fingerprint density at radius 1 is 1.25 bits per heavy atom. The Kier molecular flexibility index (Phi) is 7.25. The molecule has 1 N–H and O–H groups in total. The van der Waals surface area contributed by atoms with E-state index < -0.39 is 36.8 Å². The molecule has 0 aromatic heterocycles. The molecular weight excluding hydrogens is 333 g/mol. The smallest absolute Gasteiger partial charge is 0.463 e. The van der Waals surface area contributed by atoms with Crippen molar-refractivity contribution in [2.75, 3.05) is 13.2 Å². The van der Waals surface area contributed by atoms with Crippen molar-refractivity contribution in [3.05, 3.63) is 42.5 Å². The van der Waals surface area contributed by atoms with Gasteiger partial charge in [0.1, 0.15) is 25.1 Å². The van der Waals surface area contributed by atoms with Gasteiger partial charge in [0.15, 0.2) is 0 Å². The molecule has 0 saturated heterocycles. The lowest BCUT2D eigenvalue weighted by atomic mass is 10.1. The van der Waals surface area contributed by atoms with E-state index in [2.05, 4.69) is 16.1 Å². The molecule has 1 aromatic rings. The summed E-state index contributed by atoms with van der Waals surface area (Å²) < 4.78 is 49.4. The third-order valence-electron chi connectivity index (χ3n) is 2.50. The fourth-order valence-electron chi connectivity index (χ4n) is 1.54. The topological polar surface area (TPSA) is 82.1 Å². The number of ether oxygens (including phenoxy) is 3. The number of alkyl halides is 3. The molecule has 1 unspecified atom stereocenters. The molecule has 0 heterocycles. The van der Waals surface area contributed by atoms with E-state index in [4.69, 9.17) is 4.74 Å². The van der Waals surface area contributed by atoms with E-state index in [1.165, 1.54) is 12.1 Å². The molecule has 0 aliphatic heterocycles. The Morgan fingerprint density at radius 2 is 1.92 bits per heavy atom. The number of halogens is 3. The second-order valence-electron chi connectivity index (χ2n) is 4.54. The SMILES string of the molecule is C=CC(=O)OCC(O)COC(=O)Cc1cccc(OC(F)(F)F)c1. The molecule has 0 amide bonds. The van der Waals surface area contributed by atoms with Gasteiger partial charge in [0.05, 0.1) is 6.42 Å². The molecule has 0 fully saturated rings. The minimum atomic E-state index is -4.83. The van der Waals surface area contributed by atoms with Crippen LogP contribution in [0.25, 0.3) is 0 Å². The highest BCUT2D eigenvalue weighted by atomic mass is 19.4. The Bertz CT molecular complexity index is 585. The van der Waals surface area contributed by atoms with Crippen LogP contribution in [0.2, 0.25) is 0 Å². The number of aliphatic hydroxyl groups is 1. The molecule has 0 saturated carbocycles. The molecule has 1 aromatic carbocycles. The highest BCUT2D eigenvalue weighted by molar-refractivity contribution is 5.81. The lowest BCUT2D eigenvalue weighted by Gasteiger charge is -2.12. The van der Waals surface area contributed by atoms with Crippen molar-refractivity contribution < 1.29 is 42.1 Å². The Morgan fingerprint density at radius 3 is 2.54 bits per heavy atom. The van der Waals surface area contributed by atoms with Gasteiger partial charge in [0, 0.05) is 6.08 Å². The second kappa shape index (κ2) is 8.92. The van der Waals surface area contributed by atoms with Crippen LogP contribution in [0.1, 0.15) is 5.56 Å². The molecule has 0 spiro atoms. The summed E-state index contributed by atoms with van der Waals surface area (Å²) in [5, 5.41) is 9.45. The number of rotatable bonds is 8. The first-order valence-electron chi connectivity index (χ1n) is 6.67. The number of hydrogen-bond donors (Lipinski definition) is 1. The number of esters is 2. The zero-order valence-electron chi connectivity index (χ0n) is 12.4. The van der Waals surface area contributed by atoms with Gasteiger partial charge < -0.3 is 19.3 Å². The van der Waals surface area contributed by atoms with Gasteiger partial charge in [-0.25, -0.2) is 4.79 Å². The molecule has 24 heavy (non-hydrogen) atoms. The monoisotopic (exact) mass is 348 g/mol. The molecule has 9 heteroatoms. The molecular formula is C15H15F3O6. The zero-order chi connectivity index (χ0) is 18.2. The third kappa shape index (κ3) is 8.18. The molecule has 6 nitrogen and oxygen atoms in total. The fraction of sp³-hybridized carbons (Fsp3) is 0.333. The van der Waals surface area contributed by atoms with Crippen molar-refractivity contribution >= 4 is 11.9 Å². The summed E-state index contributed by atoms with van der Waals surface area (Å²) in [4.78, 5) is 22.4. The van der Waals surface area contributed by atoms with Crippen LogP contribution in [0.4, 0.5) is 13.2 Å². The second-order valence-corrected chi connectivity index (χ2v) is 4.54. The summed E-state index contributed by atoms with van der Waals surface area (Å²) in [6, 6.07) is 4.87. The van der Waals surface area contributed by atoms with Gasteiger partial charge in [-0.15, -0.1) is 13.2 Å². The molecule has 0 bridgehead atoms. The minimum absolute atomic E-state index is 0.245. The Hall–Kier alpha value is -2.55. The molecule has 1 atom stereocenters. The van der Waals surface area contributed by atoms with Crippen LogP contribution in [0, 0.1) is 0 Å². The van der Waals surface area contributed by atoms with E-state index in [9.17, 15) is 27.9 Å². The maximum Gasteiger partial charge on any atom is 0.573 e. The number of benzene rings is 1. The summed E-state index contributed by atoms with van der Waals surface area (Å²) >= 11 is 0. The van der Waals surface area contributed by atoms with Crippen molar-refractivity contribution in [3.8, 4) is 5.75 Å². The molecule has 1 rings (SSSR count). The van der Waals surface area contributed by atoms with Crippen molar-refractivity contribution in [2.45, 2.75) is 18.9 Å². The largest absolute Gasteiger partial charge is 0.573 e. The minimum Gasteiger partial charge on any atom is -0.463 e. The van der Waals surface area contributed by atoms with Gasteiger partial charge in [-0.3, -0.25) is 4.79 Å². The maximum atomic E-state index is 12.1. The summed E-state index contributed by atoms with van der Waals surface area (Å²) in [6.45, 7) is 2.36. The van der Waals surface area contributed by atoms with E-state index in [1.54, 1.807) is 0 Å². The molecule has 0 aliphatic rings. The third-order valence-corrected chi connectivity index (χ3v) is 2.50. The van der Waals surface area contributed by atoms with Crippen LogP contribution >= 0.6 is 0 Å². The van der Waals surface area contributed by atoms with Crippen molar-refractivity contribution in [1.82, 2.24) is 0 Å². The van der Waals surface area contributed by atoms with Gasteiger partial charge in [0.2, 0.25) is 0 Å². The summed E-state index contributed by atoms with van der Waals surface area (Å²) in [6.07, 6.45) is -5.45. The van der Waals surface area contributed by atoms with Crippen LogP contribution in [0.15, 0.2) is 36.9 Å². The predicted octanol–water partition coefficient (Wildman–Crippen LogP) is 1.76. The number of aliphatic hydroxyl groups excluding tert-OH is 1. The summed E-state index contributed by atoms with van der Waals surface area (Å²) in [7, 11) is 0. The summed E-state index contributed by atoms with van der Waals surface area (Å²) in [5.41, 5.74) is 0.245. The first kappa shape index (κ1) is 19.5. The van der Waals surface area contributed by atoms with Gasteiger partial charge in [-0.1, -0.05) is 18.7 Å². The van der Waals surface area contributed by atoms with Crippen LogP contribution in [0.3, 0.4) is 0 Å². The highest BCUT2D eigenvalue weighted by Gasteiger charge is 2.31. The van der Waals surface area contributed by atoms with Crippen molar-refractivity contribution in [3.63, 3.8) is 0 Å². The van der Waals surface area contributed by atoms with Crippen LogP contribution in [-0.2, 0) is 25.5 Å². The number of hydrogen-bond acceptors (Lipinski definition) is 6. The number of carbonyl (C=O) groups is 2. The van der Waals surface area contributed by atoms with Gasteiger partial charge in [-0.05, 0) is 17.7 Å². The average Bonchev–Trinajstić information content (AvgIpc) is 2.49. The van der Waals surface area contributed by atoms with Crippen LogP contribution < -0.4 is 4.74 Å². The maximum absolute atomic E-state index is 12.1. The highest BCUT2D eigenvalue weighted by Crippen LogP contribution is 2.23. The Labute approximate surface area is 135 Å². The first-order chi connectivity index (χ1) is 11.2. The van der Waals surface area contributed by atoms with Crippen LogP contribution in [-0.4, -0.2) is 42.7 Å². The molecule has 0 aliphatic carbocycles. The van der Waals surface area contributed by atoms with E-state index in [-0.39, 0.29) is 18.6 Å². The van der Waals surface area contributed by atoms with Gasteiger partial charge in [0.25, 0.3) is 0 Å². The fourth-order valence-corrected chi connectivity index (χ4v) is 1.54. The summed E-state index contributed by atoms with van der Waals surface area (Å²) in [5.74, 6) is -1.96. The standard InChI is InChI=1S/C15H15F3O6/c1-2-13(20)22-8-11(19)9-23-14(21)7-10-4-3-5-12(6-10)24-15(16,17)18/h2-6,11,19H,1,7-9H2. The molecule has 132 valence electrons. The van der Waals surface area contributed by atoms with E-state index >= 15 is 0 Å². The van der Waals surface area contributed by atoms with Crippen LogP contribution in [0.5, 0.6) is 5.75 Å². The lowest BCUT2D eigenvalue weighted by molar-refractivity contribution is -0.274. The number of carbonyl (C=O) groups excluding carboxylic acids is 2. The lowest BCUT2D eigenvalue weighted by Crippen LogP contribution is -2.25. The first-order valence-corrected chi connectivity index (χ1v) is 6.67. The van der Waals surface area contributed by atoms with Gasteiger partial charge >= 0.3 is 18.3 Å². The predicted molar refractivity (Wildman–Crippen MR) is 75.0 cm³/mol. The van der Waals surface area contributed by atoms with E-state index in [1.807, 2.05) is 0 Å². The van der Waals surface area contributed by atoms with E-state index in [0.29, 0.717) is 0 Å². The van der Waals surface area contributed by atoms with Crippen molar-refractivity contribution in [1.29, 1.82) is 0 Å². The van der Waals surface area contributed by atoms with E-state index in [0.717, 1.165) is 18.2 Å². The quantitative estimate of drug-likeness (QED) is 0.569.